The molecular weight excluding hydrogens is 386 g/mol. The highest BCUT2D eigenvalue weighted by molar-refractivity contribution is 6.04. The number of fused-ring (bicyclic) bond motifs is 1. The summed E-state index contributed by atoms with van der Waals surface area (Å²) in [7, 11) is 0. The van der Waals surface area contributed by atoms with Crippen LogP contribution in [0.15, 0.2) is 71.7 Å². The second kappa shape index (κ2) is 7.55. The molecule has 0 saturated heterocycles. The van der Waals surface area contributed by atoms with Gasteiger partial charge in [0.2, 0.25) is 0 Å². The molecule has 1 amide bonds. The summed E-state index contributed by atoms with van der Waals surface area (Å²) in [4.78, 5) is 44.3. The van der Waals surface area contributed by atoms with Crippen LogP contribution < -0.4 is 10.9 Å². The summed E-state index contributed by atoms with van der Waals surface area (Å²) in [6.45, 7) is 1.70. The van der Waals surface area contributed by atoms with Gasteiger partial charge >= 0.3 is 0 Å². The van der Waals surface area contributed by atoms with Gasteiger partial charge in [0.25, 0.3) is 17.2 Å². The van der Waals surface area contributed by atoms with Crippen molar-refractivity contribution in [2.45, 2.75) is 6.92 Å². The number of amides is 1. The van der Waals surface area contributed by atoms with E-state index in [2.05, 4.69) is 15.3 Å². The highest BCUT2D eigenvalue weighted by Crippen LogP contribution is 2.18. The third-order valence-corrected chi connectivity index (χ3v) is 4.49. The van der Waals surface area contributed by atoms with E-state index < -0.39 is 10.8 Å². The van der Waals surface area contributed by atoms with Crippen LogP contribution in [0.3, 0.4) is 0 Å². The first kappa shape index (κ1) is 18.9. The molecular formula is C21H15N5O4. The molecule has 9 heteroatoms. The van der Waals surface area contributed by atoms with E-state index in [0.717, 1.165) is 0 Å². The quantitative estimate of drug-likeness (QED) is 0.414. The van der Waals surface area contributed by atoms with Gasteiger partial charge in [0, 0.05) is 29.6 Å². The predicted molar refractivity (Wildman–Crippen MR) is 111 cm³/mol. The minimum Gasteiger partial charge on any atom is -0.322 e. The Morgan fingerprint density at radius 3 is 2.70 bits per heavy atom. The molecule has 4 aromatic rings. The van der Waals surface area contributed by atoms with E-state index in [1.165, 1.54) is 28.8 Å². The summed E-state index contributed by atoms with van der Waals surface area (Å²) in [5.41, 5.74) is 1.03. The van der Waals surface area contributed by atoms with Crippen molar-refractivity contribution in [1.29, 1.82) is 0 Å². The molecule has 2 aromatic carbocycles. The van der Waals surface area contributed by atoms with Gasteiger partial charge in [0.05, 0.1) is 16.0 Å². The molecule has 0 atom stereocenters. The SMILES string of the molecule is Cc1nc2ncccc2c(=O)n1-c1cccc(NC(=O)c2cccc([N+](=O)[O-])c2)c1. The topological polar surface area (TPSA) is 120 Å². The lowest BCUT2D eigenvalue weighted by molar-refractivity contribution is -0.384. The molecule has 148 valence electrons. The zero-order chi connectivity index (χ0) is 21.3. The van der Waals surface area contributed by atoms with Crippen molar-refractivity contribution in [2.75, 3.05) is 5.32 Å². The predicted octanol–water partition coefficient (Wildman–Crippen LogP) is 3.25. The number of aryl methyl sites for hydroxylation is 1. The van der Waals surface area contributed by atoms with Crippen LogP contribution in [-0.2, 0) is 0 Å². The first-order chi connectivity index (χ1) is 14.4. The third kappa shape index (κ3) is 3.51. The van der Waals surface area contributed by atoms with Gasteiger partial charge in [-0.1, -0.05) is 12.1 Å². The van der Waals surface area contributed by atoms with Crippen LogP contribution in [0.5, 0.6) is 0 Å². The lowest BCUT2D eigenvalue weighted by Crippen LogP contribution is -2.22. The summed E-state index contributed by atoms with van der Waals surface area (Å²) in [5.74, 6) is -0.0471. The number of carbonyl (C=O) groups is 1. The molecule has 0 saturated carbocycles. The number of non-ortho nitro benzene ring substituents is 1. The Kier molecular flexibility index (Phi) is 4.77. The molecule has 0 aliphatic heterocycles. The molecule has 0 bridgehead atoms. The molecule has 0 unspecified atom stereocenters. The number of nitro groups is 1. The van der Waals surface area contributed by atoms with Crippen LogP contribution >= 0.6 is 0 Å². The lowest BCUT2D eigenvalue weighted by Gasteiger charge is -2.12. The van der Waals surface area contributed by atoms with Crippen LogP contribution in [-0.4, -0.2) is 25.4 Å². The molecule has 30 heavy (non-hydrogen) atoms. The van der Waals surface area contributed by atoms with Gasteiger partial charge in [0.15, 0.2) is 5.65 Å². The van der Waals surface area contributed by atoms with E-state index in [-0.39, 0.29) is 16.8 Å². The molecule has 0 aliphatic rings. The summed E-state index contributed by atoms with van der Waals surface area (Å²) in [5, 5.41) is 14.0. The van der Waals surface area contributed by atoms with Crippen molar-refractivity contribution >= 4 is 28.3 Å². The van der Waals surface area contributed by atoms with Crippen molar-refractivity contribution in [1.82, 2.24) is 14.5 Å². The molecule has 0 radical (unpaired) electrons. The lowest BCUT2D eigenvalue weighted by atomic mass is 10.2. The van der Waals surface area contributed by atoms with Crippen molar-refractivity contribution in [3.63, 3.8) is 0 Å². The minimum absolute atomic E-state index is 0.154. The fourth-order valence-corrected chi connectivity index (χ4v) is 3.11. The van der Waals surface area contributed by atoms with Gasteiger partial charge in [-0.05, 0) is 43.3 Å². The Morgan fingerprint density at radius 2 is 1.90 bits per heavy atom. The number of aromatic nitrogens is 3. The van der Waals surface area contributed by atoms with Crippen LogP contribution in [0.25, 0.3) is 16.7 Å². The normalized spacial score (nSPS) is 10.7. The van der Waals surface area contributed by atoms with Crippen molar-refractivity contribution in [3.05, 3.63) is 98.7 Å². The van der Waals surface area contributed by atoms with E-state index in [1.807, 2.05) is 0 Å². The number of hydrogen-bond donors (Lipinski definition) is 1. The number of benzene rings is 2. The second-order valence-corrected chi connectivity index (χ2v) is 6.49. The summed E-state index contributed by atoms with van der Waals surface area (Å²) in [6.07, 6.45) is 1.57. The number of anilines is 1. The fraction of sp³-hybridized carbons (Fsp3) is 0.0476. The number of carbonyl (C=O) groups excluding carboxylic acids is 1. The van der Waals surface area contributed by atoms with E-state index >= 15 is 0 Å². The first-order valence-electron chi connectivity index (χ1n) is 8.94. The number of hydrogen-bond acceptors (Lipinski definition) is 6. The Labute approximate surface area is 169 Å². The molecule has 2 aromatic heterocycles. The van der Waals surface area contributed by atoms with Crippen molar-refractivity contribution in [3.8, 4) is 5.69 Å². The number of nitrogens with zero attached hydrogens (tertiary/aromatic N) is 4. The standard InChI is InChI=1S/C21H15N5O4/c1-13-23-19-18(9-4-10-22-19)21(28)25(13)16-7-3-6-15(12-16)24-20(27)14-5-2-8-17(11-14)26(29)30/h2-12H,1H3,(H,24,27). The molecule has 0 fully saturated rings. The highest BCUT2D eigenvalue weighted by Gasteiger charge is 2.14. The average Bonchev–Trinajstić information content (AvgIpc) is 2.74. The van der Waals surface area contributed by atoms with E-state index in [9.17, 15) is 19.7 Å². The minimum atomic E-state index is -0.561. The van der Waals surface area contributed by atoms with Gasteiger partial charge in [0.1, 0.15) is 5.82 Å². The average molecular weight is 401 g/mol. The Hall–Kier alpha value is -4.40. The maximum absolute atomic E-state index is 12.9. The molecule has 0 aliphatic carbocycles. The first-order valence-corrected chi connectivity index (χ1v) is 8.94. The van der Waals surface area contributed by atoms with Gasteiger partial charge in [-0.25, -0.2) is 9.97 Å². The molecule has 9 nitrogen and oxygen atoms in total. The van der Waals surface area contributed by atoms with Gasteiger partial charge < -0.3 is 5.32 Å². The fourth-order valence-electron chi connectivity index (χ4n) is 3.11. The number of pyridine rings is 1. The Balaban J connectivity index is 1.70. The monoisotopic (exact) mass is 401 g/mol. The molecule has 0 spiro atoms. The van der Waals surface area contributed by atoms with Crippen LogP contribution in [0.4, 0.5) is 11.4 Å². The zero-order valence-electron chi connectivity index (χ0n) is 15.8. The van der Waals surface area contributed by atoms with Gasteiger partial charge in [-0.2, -0.15) is 0 Å². The summed E-state index contributed by atoms with van der Waals surface area (Å²) in [6, 6.07) is 15.5. The van der Waals surface area contributed by atoms with Crippen LogP contribution in [0, 0.1) is 17.0 Å². The summed E-state index contributed by atoms with van der Waals surface area (Å²) < 4.78 is 1.44. The Morgan fingerprint density at radius 1 is 1.10 bits per heavy atom. The molecule has 1 N–H and O–H groups in total. The second-order valence-electron chi connectivity index (χ2n) is 6.49. The van der Waals surface area contributed by atoms with Crippen LogP contribution in [0.2, 0.25) is 0 Å². The number of rotatable bonds is 4. The highest BCUT2D eigenvalue weighted by atomic mass is 16.6. The van der Waals surface area contributed by atoms with E-state index in [4.69, 9.17) is 0 Å². The van der Waals surface area contributed by atoms with Crippen molar-refractivity contribution < 1.29 is 9.72 Å². The van der Waals surface area contributed by atoms with E-state index in [1.54, 1.807) is 49.5 Å². The Bertz CT molecular complexity index is 1360. The molecule has 4 rings (SSSR count). The smallest absolute Gasteiger partial charge is 0.270 e. The third-order valence-electron chi connectivity index (χ3n) is 4.49. The van der Waals surface area contributed by atoms with Crippen molar-refractivity contribution in [2.24, 2.45) is 0 Å². The van der Waals surface area contributed by atoms with E-state index in [0.29, 0.717) is 28.2 Å². The number of nitrogens with one attached hydrogen (secondary N) is 1. The van der Waals surface area contributed by atoms with Gasteiger partial charge in [-0.15, -0.1) is 0 Å². The largest absolute Gasteiger partial charge is 0.322 e. The zero-order valence-corrected chi connectivity index (χ0v) is 15.8. The molecule has 2 heterocycles. The van der Waals surface area contributed by atoms with Crippen LogP contribution in [0.1, 0.15) is 16.2 Å². The number of nitro benzene ring substituents is 1. The summed E-state index contributed by atoms with van der Waals surface area (Å²) >= 11 is 0. The van der Waals surface area contributed by atoms with Gasteiger partial charge in [-0.3, -0.25) is 24.3 Å². The maximum Gasteiger partial charge on any atom is 0.270 e. The maximum atomic E-state index is 12.9.